The van der Waals surface area contributed by atoms with Gasteiger partial charge in [-0.05, 0) is 0 Å². The van der Waals surface area contributed by atoms with Crippen LogP contribution in [0.4, 0.5) is 0 Å². The Hall–Kier alpha value is -0.350. The van der Waals surface area contributed by atoms with Crippen LogP contribution in [0.15, 0.2) is 0 Å². The Bertz CT molecular complexity index is 79.8. The van der Waals surface area contributed by atoms with Crippen molar-refractivity contribution < 1.29 is 4.74 Å². The standard InChI is InChI=1S/C5H6ClO/c1-2-3-4-7-5-6/h5H,2H2,1H3. The van der Waals surface area contributed by atoms with Crippen molar-refractivity contribution in [1.82, 2.24) is 0 Å². The zero-order valence-corrected chi connectivity index (χ0v) is 4.83. The highest BCUT2D eigenvalue weighted by Gasteiger charge is 1.66. The molecule has 0 aromatic carbocycles. The van der Waals surface area contributed by atoms with Gasteiger partial charge in [0.25, 0.3) is 0 Å². The van der Waals surface area contributed by atoms with Crippen LogP contribution < -0.4 is 0 Å². The molecule has 7 heavy (non-hydrogen) atoms. The van der Waals surface area contributed by atoms with Crippen LogP contribution >= 0.6 is 11.6 Å². The van der Waals surface area contributed by atoms with Gasteiger partial charge in [-0.2, -0.15) is 0 Å². The van der Waals surface area contributed by atoms with Gasteiger partial charge < -0.3 is 4.74 Å². The lowest BCUT2D eigenvalue weighted by Gasteiger charge is -1.78. The number of hydrogen-bond acceptors (Lipinski definition) is 1. The summed E-state index contributed by atoms with van der Waals surface area (Å²) < 4.78 is 4.35. The maximum absolute atomic E-state index is 4.99. The second-order valence-electron chi connectivity index (χ2n) is 0.839. The molecule has 0 amide bonds. The second-order valence-corrected chi connectivity index (χ2v) is 1.02. The van der Waals surface area contributed by atoms with Crippen LogP contribution in [0.25, 0.3) is 0 Å². The lowest BCUT2D eigenvalue weighted by atomic mass is 10.5. The lowest BCUT2D eigenvalue weighted by Crippen LogP contribution is -1.64. The first-order valence-corrected chi connectivity index (χ1v) is 2.41. The van der Waals surface area contributed by atoms with Gasteiger partial charge in [0, 0.05) is 6.42 Å². The van der Waals surface area contributed by atoms with Gasteiger partial charge in [0.1, 0.15) is 6.11 Å². The molecular formula is C5H6ClO. The molecule has 0 aromatic heterocycles. The van der Waals surface area contributed by atoms with E-state index in [4.69, 9.17) is 11.6 Å². The predicted molar refractivity (Wildman–Crippen MR) is 29.3 cm³/mol. The molecule has 39 valence electrons. The van der Waals surface area contributed by atoms with Crippen molar-refractivity contribution in [3.05, 3.63) is 6.07 Å². The zero-order valence-electron chi connectivity index (χ0n) is 4.07. The number of halogens is 1. The normalized spacial score (nSPS) is 6.57. The van der Waals surface area contributed by atoms with E-state index in [2.05, 4.69) is 16.8 Å². The summed E-state index contributed by atoms with van der Waals surface area (Å²) in [5.74, 6) is 2.66. The van der Waals surface area contributed by atoms with Crippen LogP contribution in [0, 0.1) is 18.1 Å². The van der Waals surface area contributed by atoms with Crippen molar-refractivity contribution in [3.63, 3.8) is 0 Å². The molecule has 0 aliphatic heterocycles. The van der Waals surface area contributed by atoms with Gasteiger partial charge in [0.2, 0.25) is 6.07 Å². The van der Waals surface area contributed by atoms with E-state index in [9.17, 15) is 0 Å². The van der Waals surface area contributed by atoms with Gasteiger partial charge in [0.15, 0.2) is 0 Å². The third-order valence-electron chi connectivity index (χ3n) is 0.352. The van der Waals surface area contributed by atoms with Gasteiger partial charge in [0.05, 0.1) is 0 Å². The van der Waals surface area contributed by atoms with Crippen molar-refractivity contribution in [3.8, 4) is 12.0 Å². The summed E-state index contributed by atoms with van der Waals surface area (Å²) in [7, 11) is 0. The van der Waals surface area contributed by atoms with Crippen LogP contribution in [0.3, 0.4) is 0 Å². The molecule has 1 nitrogen and oxygen atoms in total. The molecule has 0 spiro atoms. The molecule has 0 heterocycles. The minimum Gasteiger partial charge on any atom is -0.421 e. The topological polar surface area (TPSA) is 9.23 Å². The van der Waals surface area contributed by atoms with Crippen molar-refractivity contribution >= 4 is 11.6 Å². The summed E-state index contributed by atoms with van der Waals surface area (Å²) in [6.07, 6.45) is 3.14. The minimum absolute atomic E-state index is 0.796. The van der Waals surface area contributed by atoms with Gasteiger partial charge in [-0.25, -0.2) is 0 Å². The zero-order chi connectivity index (χ0) is 5.54. The summed E-state index contributed by atoms with van der Waals surface area (Å²) >= 11 is 4.99. The van der Waals surface area contributed by atoms with Crippen molar-refractivity contribution in [2.24, 2.45) is 0 Å². The number of ether oxygens (including phenoxy) is 1. The molecule has 0 atom stereocenters. The lowest BCUT2D eigenvalue weighted by molar-refractivity contribution is 0.410. The largest absolute Gasteiger partial charge is 0.421 e. The molecule has 2 heteroatoms. The van der Waals surface area contributed by atoms with E-state index in [1.807, 2.05) is 6.92 Å². The van der Waals surface area contributed by atoms with Crippen molar-refractivity contribution in [2.45, 2.75) is 13.3 Å². The quantitative estimate of drug-likeness (QED) is 0.476. The first-order valence-electron chi connectivity index (χ1n) is 1.97. The summed E-state index contributed by atoms with van der Waals surface area (Å²) in [5.41, 5.74) is 0. The van der Waals surface area contributed by atoms with Crippen LogP contribution in [0.5, 0.6) is 0 Å². The highest BCUT2D eigenvalue weighted by atomic mass is 35.5. The highest BCUT2D eigenvalue weighted by molar-refractivity contribution is 6.22. The molecule has 0 rings (SSSR count). The molecule has 0 aliphatic carbocycles. The minimum atomic E-state index is 0.796. The van der Waals surface area contributed by atoms with E-state index in [1.165, 1.54) is 0 Å². The van der Waals surface area contributed by atoms with Crippen LogP contribution in [0.1, 0.15) is 13.3 Å². The molecule has 0 fully saturated rings. The fourth-order valence-electron chi connectivity index (χ4n) is 0.136. The van der Waals surface area contributed by atoms with Crippen LogP contribution in [-0.4, -0.2) is 0 Å². The summed E-state index contributed by atoms with van der Waals surface area (Å²) in [5, 5.41) is 0. The van der Waals surface area contributed by atoms with E-state index in [0.29, 0.717) is 0 Å². The Morgan fingerprint density at radius 1 is 1.86 bits per heavy atom. The molecule has 0 aliphatic rings. The molecule has 1 radical (unpaired) electrons. The third kappa shape index (κ3) is 5.65. The van der Waals surface area contributed by atoms with E-state index in [0.717, 1.165) is 12.5 Å². The molecule has 0 N–H and O–H groups in total. The highest BCUT2D eigenvalue weighted by Crippen LogP contribution is 1.82. The maximum Gasteiger partial charge on any atom is 0.235 e. The fourth-order valence-corrected chi connectivity index (χ4v) is 0.181. The van der Waals surface area contributed by atoms with Crippen LogP contribution in [-0.2, 0) is 4.74 Å². The molecule has 0 aromatic rings. The molecular weight excluding hydrogens is 112 g/mol. The third-order valence-corrected chi connectivity index (χ3v) is 0.442. The smallest absolute Gasteiger partial charge is 0.235 e. The second kappa shape index (κ2) is 5.65. The Morgan fingerprint density at radius 2 is 2.57 bits per heavy atom. The van der Waals surface area contributed by atoms with E-state index < -0.39 is 0 Å². The van der Waals surface area contributed by atoms with Crippen molar-refractivity contribution in [1.29, 1.82) is 0 Å². The fraction of sp³-hybridized carbons (Fsp3) is 0.400. The summed E-state index contributed by atoms with van der Waals surface area (Å²) in [4.78, 5) is 0. The van der Waals surface area contributed by atoms with Gasteiger partial charge >= 0.3 is 0 Å². The molecule has 0 bridgehead atoms. The summed E-state index contributed by atoms with van der Waals surface area (Å²) in [6, 6.07) is 1.03. The summed E-state index contributed by atoms with van der Waals surface area (Å²) in [6.45, 7) is 1.94. The Balaban J connectivity index is 2.91. The monoisotopic (exact) mass is 117 g/mol. The Labute approximate surface area is 48.6 Å². The first-order chi connectivity index (χ1) is 3.41. The van der Waals surface area contributed by atoms with Crippen molar-refractivity contribution in [2.75, 3.05) is 0 Å². The van der Waals surface area contributed by atoms with Crippen LogP contribution in [0.2, 0.25) is 0 Å². The number of rotatable bonds is 1. The molecule has 0 unspecified atom stereocenters. The Morgan fingerprint density at radius 3 is 3.00 bits per heavy atom. The Kier molecular flexibility index (Phi) is 5.37. The molecule has 0 saturated carbocycles. The average molecular weight is 118 g/mol. The first kappa shape index (κ1) is 6.65. The van der Waals surface area contributed by atoms with Gasteiger partial charge in [-0.1, -0.05) is 24.4 Å². The van der Waals surface area contributed by atoms with E-state index >= 15 is 0 Å². The van der Waals surface area contributed by atoms with E-state index in [1.54, 1.807) is 0 Å². The SMILES string of the molecule is CCC#CO[CH]Cl. The van der Waals surface area contributed by atoms with Gasteiger partial charge in [-0.15, -0.1) is 0 Å². The van der Waals surface area contributed by atoms with E-state index in [-0.39, 0.29) is 0 Å². The molecule has 0 saturated heterocycles. The predicted octanol–water partition coefficient (Wildman–Crippen LogP) is 1.73. The average Bonchev–Trinajstić information content (AvgIpc) is 1.69. The number of hydrogen-bond donors (Lipinski definition) is 0. The van der Waals surface area contributed by atoms with Gasteiger partial charge in [-0.3, -0.25) is 0 Å². The maximum atomic E-state index is 4.99.